The molecule has 0 unspecified atom stereocenters. The lowest BCUT2D eigenvalue weighted by molar-refractivity contribution is -0.148. The second kappa shape index (κ2) is 5.68. The third-order valence-corrected chi connectivity index (χ3v) is 7.28. The van der Waals surface area contributed by atoms with Crippen LogP contribution < -0.4 is 4.74 Å². The number of carbonyl (C=O) groups is 3. The summed E-state index contributed by atoms with van der Waals surface area (Å²) < 4.78 is 5.38. The van der Waals surface area contributed by atoms with Crippen molar-refractivity contribution < 1.29 is 19.1 Å². The molecule has 6 rings (SSSR count). The number of esters is 1. The Bertz CT molecular complexity index is 864. The summed E-state index contributed by atoms with van der Waals surface area (Å²) in [5.74, 6) is 0.169. The number of hydrogen-bond acceptors (Lipinski definition) is 4. The first-order valence-electron chi connectivity index (χ1n) is 9.38. The van der Waals surface area contributed by atoms with E-state index in [1.807, 2.05) is 13.8 Å². The van der Waals surface area contributed by atoms with Gasteiger partial charge in [-0.2, -0.15) is 0 Å². The minimum atomic E-state index is -0.609. The van der Waals surface area contributed by atoms with E-state index in [0.29, 0.717) is 22.6 Å². The highest BCUT2D eigenvalue weighted by molar-refractivity contribution is 6.32. The minimum absolute atomic E-state index is 0.157. The highest BCUT2D eigenvalue weighted by atomic mass is 35.5. The van der Waals surface area contributed by atoms with Crippen molar-refractivity contribution in [2.24, 2.45) is 35.5 Å². The summed E-state index contributed by atoms with van der Waals surface area (Å²) in [6.45, 7) is 3.33. The molecule has 27 heavy (non-hydrogen) atoms. The van der Waals surface area contributed by atoms with Gasteiger partial charge in [-0.15, -0.1) is 0 Å². The van der Waals surface area contributed by atoms with Gasteiger partial charge in [0.2, 0.25) is 11.8 Å². The van der Waals surface area contributed by atoms with Crippen molar-refractivity contribution in [3.8, 4) is 5.75 Å². The second-order valence-electron chi connectivity index (χ2n) is 8.26. The molecular weight excluding hydrogens is 366 g/mol. The molecule has 140 valence electrons. The molecule has 1 aliphatic heterocycles. The van der Waals surface area contributed by atoms with Crippen LogP contribution >= 0.6 is 11.6 Å². The van der Waals surface area contributed by atoms with Gasteiger partial charge < -0.3 is 4.74 Å². The van der Waals surface area contributed by atoms with Crippen LogP contribution in [0.5, 0.6) is 5.75 Å². The van der Waals surface area contributed by atoms with Crippen molar-refractivity contribution in [3.63, 3.8) is 0 Å². The number of likely N-dealkylation sites (tertiary alicyclic amines) is 1. The number of rotatable bonds is 3. The Morgan fingerprint density at radius 3 is 2.11 bits per heavy atom. The molecule has 3 fully saturated rings. The average Bonchev–Trinajstić information content (AvgIpc) is 3.41. The number of carbonyl (C=O) groups excluding carboxylic acids is 3. The van der Waals surface area contributed by atoms with Gasteiger partial charge in [0.25, 0.3) is 0 Å². The predicted molar refractivity (Wildman–Crippen MR) is 98.0 cm³/mol. The van der Waals surface area contributed by atoms with Crippen LogP contribution in [-0.2, 0) is 14.4 Å². The lowest BCUT2D eigenvalue weighted by Gasteiger charge is -2.37. The normalized spacial score (nSPS) is 35.3. The molecule has 1 aromatic carbocycles. The standard InChI is InChI=1S/C21H20ClNO4/c1-9-5-11(6-10(2)19(9)22)27-16(24)8-23-20(25)17-12-3-4-13(15-7-14(12)15)18(17)21(23)26/h3-6,12-15,17-18H,7-8H2,1-2H3/t12-,13-,14-,15-,17-,18+/m0/s1. The number of halogens is 1. The van der Waals surface area contributed by atoms with Crippen LogP contribution in [-0.4, -0.2) is 29.2 Å². The molecule has 2 amide bonds. The first kappa shape index (κ1) is 17.0. The summed E-state index contributed by atoms with van der Waals surface area (Å²) in [6.07, 6.45) is 5.35. The van der Waals surface area contributed by atoms with Crippen molar-refractivity contribution in [2.75, 3.05) is 6.54 Å². The third kappa shape index (κ3) is 2.40. The number of ether oxygens (including phenoxy) is 1. The molecule has 6 atom stereocenters. The minimum Gasteiger partial charge on any atom is -0.425 e. The third-order valence-electron chi connectivity index (χ3n) is 6.68. The van der Waals surface area contributed by atoms with Gasteiger partial charge in [-0.1, -0.05) is 23.8 Å². The number of amides is 2. The van der Waals surface area contributed by atoms with E-state index in [1.54, 1.807) is 12.1 Å². The molecular formula is C21H20ClNO4. The largest absolute Gasteiger partial charge is 0.425 e. The van der Waals surface area contributed by atoms with Crippen LogP contribution in [0.4, 0.5) is 0 Å². The smallest absolute Gasteiger partial charge is 0.331 e. The lowest BCUT2D eigenvalue weighted by atomic mass is 9.63. The maximum atomic E-state index is 12.9. The summed E-state index contributed by atoms with van der Waals surface area (Å²) in [7, 11) is 0. The quantitative estimate of drug-likeness (QED) is 0.347. The summed E-state index contributed by atoms with van der Waals surface area (Å²) in [4.78, 5) is 39.3. The Labute approximate surface area is 162 Å². The van der Waals surface area contributed by atoms with E-state index < -0.39 is 5.97 Å². The fraction of sp³-hybridized carbons (Fsp3) is 0.476. The summed E-state index contributed by atoms with van der Waals surface area (Å²) in [6, 6.07) is 3.36. The molecule has 6 heteroatoms. The zero-order valence-corrected chi connectivity index (χ0v) is 15.9. The number of imide groups is 1. The van der Waals surface area contributed by atoms with E-state index in [9.17, 15) is 14.4 Å². The SMILES string of the molecule is Cc1cc(OC(=O)CN2C(=O)[C@@H]3[C@H]4C=C[C@@H]([C@@H]5C[C@@H]45)[C@@H]3C2=O)cc(C)c1Cl. The molecule has 1 heterocycles. The molecule has 1 aromatic rings. The Hall–Kier alpha value is -2.14. The van der Waals surface area contributed by atoms with Gasteiger partial charge in [0.1, 0.15) is 12.3 Å². The maximum absolute atomic E-state index is 12.9. The van der Waals surface area contributed by atoms with Crippen molar-refractivity contribution in [1.29, 1.82) is 0 Å². The molecule has 0 spiro atoms. The number of nitrogens with zero attached hydrogens (tertiary/aromatic N) is 1. The second-order valence-corrected chi connectivity index (χ2v) is 8.64. The Balaban J connectivity index is 1.32. The van der Waals surface area contributed by atoms with Crippen LogP contribution in [0, 0.1) is 49.4 Å². The molecule has 1 saturated heterocycles. The zero-order chi connectivity index (χ0) is 19.0. The summed E-state index contributed by atoms with van der Waals surface area (Å²) in [5, 5.41) is 0.630. The van der Waals surface area contributed by atoms with Crippen molar-refractivity contribution in [3.05, 3.63) is 40.4 Å². The van der Waals surface area contributed by atoms with Crippen molar-refractivity contribution in [2.45, 2.75) is 20.3 Å². The first-order chi connectivity index (χ1) is 12.9. The molecule has 0 radical (unpaired) electrons. The van der Waals surface area contributed by atoms with E-state index in [2.05, 4.69) is 12.2 Å². The predicted octanol–water partition coefficient (Wildman–Crippen LogP) is 2.92. The highest BCUT2D eigenvalue weighted by Crippen LogP contribution is 2.65. The van der Waals surface area contributed by atoms with Crippen LogP contribution in [0.3, 0.4) is 0 Å². The van der Waals surface area contributed by atoms with Crippen molar-refractivity contribution in [1.82, 2.24) is 4.90 Å². The van der Waals surface area contributed by atoms with E-state index in [-0.39, 0.29) is 42.0 Å². The monoisotopic (exact) mass is 385 g/mol. The molecule has 0 N–H and O–H groups in total. The maximum Gasteiger partial charge on any atom is 0.331 e. The number of hydrogen-bond donors (Lipinski definition) is 0. The van der Waals surface area contributed by atoms with Gasteiger partial charge in [-0.25, -0.2) is 4.79 Å². The molecule has 5 aliphatic rings. The van der Waals surface area contributed by atoms with Gasteiger partial charge in [0.05, 0.1) is 11.8 Å². The summed E-state index contributed by atoms with van der Waals surface area (Å²) in [5.41, 5.74) is 1.61. The fourth-order valence-electron chi connectivity index (χ4n) is 5.43. The highest BCUT2D eigenvalue weighted by Gasteiger charge is 2.67. The van der Waals surface area contributed by atoms with Crippen LogP contribution in [0.15, 0.2) is 24.3 Å². The van der Waals surface area contributed by atoms with E-state index >= 15 is 0 Å². The van der Waals surface area contributed by atoms with Gasteiger partial charge in [-0.3, -0.25) is 14.5 Å². The number of aryl methyl sites for hydroxylation is 2. The van der Waals surface area contributed by atoms with Gasteiger partial charge in [0, 0.05) is 5.02 Å². The Morgan fingerprint density at radius 2 is 1.59 bits per heavy atom. The number of allylic oxidation sites excluding steroid dienone is 2. The molecule has 5 nitrogen and oxygen atoms in total. The summed E-state index contributed by atoms with van der Waals surface area (Å²) >= 11 is 6.14. The molecule has 4 aliphatic carbocycles. The average molecular weight is 386 g/mol. The molecule has 2 bridgehead atoms. The van der Waals surface area contributed by atoms with Gasteiger partial charge in [0.15, 0.2) is 0 Å². The van der Waals surface area contributed by atoms with Gasteiger partial charge >= 0.3 is 5.97 Å². The van der Waals surface area contributed by atoms with Crippen LogP contribution in [0.1, 0.15) is 17.5 Å². The van der Waals surface area contributed by atoms with E-state index in [4.69, 9.17) is 16.3 Å². The van der Waals surface area contributed by atoms with Crippen LogP contribution in [0.25, 0.3) is 0 Å². The lowest BCUT2D eigenvalue weighted by Crippen LogP contribution is -2.40. The topological polar surface area (TPSA) is 63.7 Å². The fourth-order valence-corrected chi connectivity index (χ4v) is 5.54. The molecule has 2 saturated carbocycles. The Morgan fingerprint density at radius 1 is 1.07 bits per heavy atom. The van der Waals surface area contributed by atoms with E-state index in [0.717, 1.165) is 22.4 Å². The Kier molecular flexibility index (Phi) is 3.57. The zero-order valence-electron chi connectivity index (χ0n) is 15.1. The van der Waals surface area contributed by atoms with Gasteiger partial charge in [-0.05, 0) is 67.2 Å². The van der Waals surface area contributed by atoms with E-state index in [1.165, 1.54) is 0 Å². The molecule has 0 aromatic heterocycles. The number of benzene rings is 1. The van der Waals surface area contributed by atoms with Crippen molar-refractivity contribution >= 4 is 29.4 Å². The first-order valence-corrected chi connectivity index (χ1v) is 9.75. The van der Waals surface area contributed by atoms with Crippen LogP contribution in [0.2, 0.25) is 5.02 Å².